The molecule has 1 fully saturated rings. The van der Waals surface area contributed by atoms with Crippen LogP contribution in [0.15, 0.2) is 0 Å². The highest BCUT2D eigenvalue weighted by molar-refractivity contribution is 5.73. The van der Waals surface area contributed by atoms with E-state index in [1.807, 2.05) is 0 Å². The normalized spacial score (nSPS) is 15.0. The summed E-state index contributed by atoms with van der Waals surface area (Å²) in [5.41, 5.74) is 5.20. The first-order valence-electron chi connectivity index (χ1n) is 11.1. The average Bonchev–Trinajstić information content (AvgIpc) is 3.17. The monoisotopic (exact) mass is 399 g/mol. The first-order chi connectivity index (χ1) is 13.5. The highest BCUT2D eigenvalue weighted by Crippen LogP contribution is 2.23. The van der Waals surface area contributed by atoms with Crippen LogP contribution in [0.4, 0.5) is 0 Å². The molecule has 0 saturated heterocycles. The van der Waals surface area contributed by atoms with Gasteiger partial charge in [-0.2, -0.15) is 0 Å². The second-order valence-electron chi connectivity index (χ2n) is 8.02. The molecule has 0 aliphatic heterocycles. The van der Waals surface area contributed by atoms with E-state index < -0.39 is 5.97 Å². The second kappa shape index (κ2) is 15.7. The van der Waals surface area contributed by atoms with E-state index in [-0.39, 0.29) is 18.9 Å². The van der Waals surface area contributed by atoms with Crippen molar-refractivity contribution < 1.29 is 19.8 Å². The van der Waals surface area contributed by atoms with Crippen molar-refractivity contribution in [2.45, 2.75) is 83.1 Å². The van der Waals surface area contributed by atoms with Crippen molar-refractivity contribution in [3.63, 3.8) is 0 Å². The number of hydrogen-bond donors (Lipinski definition) is 3. The number of nitrogens with two attached hydrogens (primary N) is 1. The van der Waals surface area contributed by atoms with Gasteiger partial charge >= 0.3 is 5.97 Å². The molecule has 7 nitrogen and oxygen atoms in total. The Morgan fingerprint density at radius 1 is 0.821 bits per heavy atom. The molecule has 1 saturated carbocycles. The fourth-order valence-electron chi connectivity index (χ4n) is 4.08. The van der Waals surface area contributed by atoms with Crippen LogP contribution < -0.4 is 5.73 Å². The highest BCUT2D eigenvalue weighted by Gasteiger charge is 2.22. The second-order valence-corrected chi connectivity index (χ2v) is 8.02. The van der Waals surface area contributed by atoms with Crippen LogP contribution >= 0.6 is 0 Å². The van der Waals surface area contributed by atoms with E-state index in [0.717, 1.165) is 71.2 Å². The van der Waals surface area contributed by atoms with E-state index in [0.29, 0.717) is 12.5 Å². The van der Waals surface area contributed by atoms with Gasteiger partial charge in [0.25, 0.3) is 0 Å². The summed E-state index contributed by atoms with van der Waals surface area (Å²) in [4.78, 5) is 26.4. The lowest BCUT2D eigenvalue weighted by Gasteiger charge is -2.31. The Kier molecular flexibility index (Phi) is 13.9. The number of carboxylic acid groups (broad SMARTS) is 1. The SMILES string of the molecule is NC(=O)CCCCCN(CCCCCC(=O)O)CCN(CCO)C1CCCC1. The van der Waals surface area contributed by atoms with E-state index >= 15 is 0 Å². The predicted molar refractivity (Wildman–Crippen MR) is 111 cm³/mol. The van der Waals surface area contributed by atoms with Crippen molar-refractivity contribution in [2.24, 2.45) is 5.73 Å². The molecule has 0 aromatic heterocycles. The van der Waals surface area contributed by atoms with Crippen LogP contribution in [0, 0.1) is 0 Å². The van der Waals surface area contributed by atoms with Crippen molar-refractivity contribution in [3.05, 3.63) is 0 Å². The molecule has 1 aliphatic rings. The fourth-order valence-corrected chi connectivity index (χ4v) is 4.08. The zero-order chi connectivity index (χ0) is 20.6. The van der Waals surface area contributed by atoms with Crippen molar-refractivity contribution in [1.29, 1.82) is 0 Å². The Hall–Kier alpha value is -1.18. The number of unbranched alkanes of at least 4 members (excludes halogenated alkanes) is 4. The standard InChI is InChI=1S/C21H41N3O4/c22-20(26)11-3-1-7-13-23(14-8-2-4-12-21(27)28)15-16-24(17-18-25)19-9-5-6-10-19/h19,25H,1-18H2,(H2,22,26)(H,27,28). The number of aliphatic hydroxyl groups is 1. The van der Waals surface area contributed by atoms with E-state index in [1.165, 1.54) is 25.7 Å². The summed E-state index contributed by atoms with van der Waals surface area (Å²) in [6.45, 7) is 4.88. The molecule has 0 radical (unpaired) electrons. The largest absolute Gasteiger partial charge is 0.481 e. The van der Waals surface area contributed by atoms with Crippen LogP contribution in [0.1, 0.15) is 77.0 Å². The first kappa shape index (κ1) is 24.9. The van der Waals surface area contributed by atoms with Crippen molar-refractivity contribution in [1.82, 2.24) is 9.80 Å². The van der Waals surface area contributed by atoms with Crippen LogP contribution in [0.25, 0.3) is 0 Å². The molecule has 164 valence electrons. The number of aliphatic hydroxyl groups excluding tert-OH is 1. The van der Waals surface area contributed by atoms with E-state index in [2.05, 4.69) is 9.80 Å². The molecule has 1 aliphatic carbocycles. The molecule has 0 heterocycles. The zero-order valence-electron chi connectivity index (χ0n) is 17.5. The maximum atomic E-state index is 10.9. The molecule has 28 heavy (non-hydrogen) atoms. The van der Waals surface area contributed by atoms with E-state index in [9.17, 15) is 14.7 Å². The topological polar surface area (TPSA) is 107 Å². The molecule has 7 heteroatoms. The fraction of sp³-hybridized carbons (Fsp3) is 0.905. The van der Waals surface area contributed by atoms with Crippen molar-refractivity contribution in [2.75, 3.05) is 39.3 Å². The maximum absolute atomic E-state index is 10.9. The number of carbonyl (C=O) groups excluding carboxylic acids is 1. The van der Waals surface area contributed by atoms with Crippen LogP contribution in [0.3, 0.4) is 0 Å². The predicted octanol–water partition coefficient (Wildman–Crippen LogP) is 2.22. The smallest absolute Gasteiger partial charge is 0.303 e. The van der Waals surface area contributed by atoms with Gasteiger partial charge < -0.3 is 20.8 Å². The molecule has 0 spiro atoms. The van der Waals surface area contributed by atoms with E-state index in [4.69, 9.17) is 10.8 Å². The third kappa shape index (κ3) is 12.3. The number of carbonyl (C=O) groups is 2. The van der Waals surface area contributed by atoms with Gasteiger partial charge in [0.1, 0.15) is 0 Å². The summed E-state index contributed by atoms with van der Waals surface area (Å²) in [5.74, 6) is -0.950. The Balaban J connectivity index is 2.38. The van der Waals surface area contributed by atoms with Gasteiger partial charge in [-0.15, -0.1) is 0 Å². The summed E-state index contributed by atoms with van der Waals surface area (Å²) in [7, 11) is 0. The lowest BCUT2D eigenvalue weighted by molar-refractivity contribution is -0.137. The maximum Gasteiger partial charge on any atom is 0.303 e. The quantitative estimate of drug-likeness (QED) is 0.305. The molecule has 0 aromatic rings. The van der Waals surface area contributed by atoms with Crippen LogP contribution in [0.5, 0.6) is 0 Å². The number of hydrogen-bond acceptors (Lipinski definition) is 5. The molecule has 4 N–H and O–H groups in total. The van der Waals surface area contributed by atoms with Gasteiger partial charge in [-0.05, 0) is 51.6 Å². The van der Waals surface area contributed by atoms with Gasteiger partial charge in [0.15, 0.2) is 0 Å². The van der Waals surface area contributed by atoms with Crippen molar-refractivity contribution >= 4 is 11.9 Å². The minimum absolute atomic E-state index is 0.207. The number of carboxylic acids is 1. The summed E-state index contributed by atoms with van der Waals surface area (Å²) >= 11 is 0. The third-order valence-electron chi connectivity index (χ3n) is 5.69. The minimum atomic E-state index is -0.720. The van der Waals surface area contributed by atoms with Crippen molar-refractivity contribution in [3.8, 4) is 0 Å². The third-order valence-corrected chi connectivity index (χ3v) is 5.69. The molecule has 1 amide bonds. The summed E-state index contributed by atoms with van der Waals surface area (Å²) in [6.07, 6.45) is 11.4. The van der Waals surface area contributed by atoms with Gasteiger partial charge in [0, 0.05) is 38.5 Å². The van der Waals surface area contributed by atoms with E-state index in [1.54, 1.807) is 0 Å². The lowest BCUT2D eigenvalue weighted by atomic mass is 10.1. The van der Waals surface area contributed by atoms with Crippen LogP contribution in [-0.2, 0) is 9.59 Å². The Morgan fingerprint density at radius 3 is 1.96 bits per heavy atom. The first-order valence-corrected chi connectivity index (χ1v) is 11.1. The number of nitrogens with zero attached hydrogens (tertiary/aromatic N) is 2. The van der Waals surface area contributed by atoms with Gasteiger partial charge in [-0.1, -0.05) is 25.7 Å². The molecular formula is C21H41N3O4. The molecular weight excluding hydrogens is 358 g/mol. The Labute approximate surface area is 170 Å². The minimum Gasteiger partial charge on any atom is -0.481 e. The van der Waals surface area contributed by atoms with Gasteiger partial charge in [0.2, 0.25) is 5.91 Å². The van der Waals surface area contributed by atoms with Gasteiger partial charge in [-0.25, -0.2) is 0 Å². The van der Waals surface area contributed by atoms with Gasteiger partial charge in [-0.3, -0.25) is 14.5 Å². The molecule has 1 rings (SSSR count). The lowest BCUT2D eigenvalue weighted by Crippen LogP contribution is -2.42. The average molecular weight is 400 g/mol. The Bertz CT molecular complexity index is 404. The van der Waals surface area contributed by atoms with Gasteiger partial charge in [0.05, 0.1) is 6.61 Å². The number of aliphatic carboxylic acids is 1. The van der Waals surface area contributed by atoms with Crippen LogP contribution in [-0.4, -0.2) is 77.3 Å². The number of primary amides is 1. The molecule has 0 unspecified atom stereocenters. The highest BCUT2D eigenvalue weighted by atomic mass is 16.4. The molecule has 0 atom stereocenters. The van der Waals surface area contributed by atoms with Crippen LogP contribution in [0.2, 0.25) is 0 Å². The molecule has 0 bridgehead atoms. The number of amides is 1. The summed E-state index contributed by atoms with van der Waals surface area (Å²) in [5, 5.41) is 18.2. The summed E-state index contributed by atoms with van der Waals surface area (Å²) in [6, 6.07) is 0.611. The summed E-state index contributed by atoms with van der Waals surface area (Å²) < 4.78 is 0. The Morgan fingerprint density at radius 2 is 1.43 bits per heavy atom. The zero-order valence-corrected chi connectivity index (χ0v) is 17.5. The number of rotatable bonds is 18. The molecule has 0 aromatic carbocycles.